The molecule has 0 N–H and O–H groups in total. The summed E-state index contributed by atoms with van der Waals surface area (Å²) in [5.74, 6) is 0. The molecule has 0 aliphatic carbocycles. The lowest BCUT2D eigenvalue weighted by Gasteiger charge is -2.36. The minimum atomic E-state index is -0.123. The van der Waals surface area contributed by atoms with Gasteiger partial charge in [0.1, 0.15) is 0 Å². The van der Waals surface area contributed by atoms with E-state index >= 15 is 0 Å². The van der Waals surface area contributed by atoms with E-state index < -0.39 is 0 Å². The van der Waals surface area contributed by atoms with Gasteiger partial charge in [-0.15, -0.1) is 0 Å². The third-order valence-corrected chi connectivity index (χ3v) is 7.59. The van der Waals surface area contributed by atoms with Gasteiger partial charge in [0.25, 0.3) is 0 Å². The summed E-state index contributed by atoms with van der Waals surface area (Å²) in [6.45, 7) is 7.76. The first-order valence-corrected chi connectivity index (χ1v) is 12.1. The monoisotopic (exact) mass is 477 g/mol. The van der Waals surface area contributed by atoms with Crippen molar-refractivity contribution >= 4 is 34.9 Å². The molecule has 0 atom stereocenters. The lowest BCUT2D eigenvalue weighted by molar-refractivity contribution is 0.0254. The fourth-order valence-electron chi connectivity index (χ4n) is 5.21. The van der Waals surface area contributed by atoms with Crippen molar-refractivity contribution in [2.75, 3.05) is 57.4 Å². The zero-order valence-electron chi connectivity index (χ0n) is 18.2. The van der Waals surface area contributed by atoms with E-state index in [1.807, 2.05) is 11.0 Å². The molecule has 2 aromatic rings. The van der Waals surface area contributed by atoms with Crippen LogP contribution in [-0.2, 0) is 11.3 Å². The maximum atomic E-state index is 12.6. The summed E-state index contributed by atoms with van der Waals surface area (Å²) >= 11 is 12.3. The van der Waals surface area contributed by atoms with Crippen molar-refractivity contribution in [1.82, 2.24) is 19.6 Å². The molecule has 172 valence electrons. The largest absolute Gasteiger partial charge is 0.381 e. The number of nitrogens with zero attached hydrogens (tertiary/aromatic N) is 5. The van der Waals surface area contributed by atoms with Crippen LogP contribution in [0.1, 0.15) is 24.8 Å². The van der Waals surface area contributed by atoms with Crippen LogP contribution in [0.15, 0.2) is 30.6 Å². The molecule has 0 saturated carbocycles. The van der Waals surface area contributed by atoms with Crippen molar-refractivity contribution in [3.05, 3.63) is 46.2 Å². The quantitative estimate of drug-likeness (QED) is 0.668. The Hall–Kier alpha value is -1.80. The zero-order valence-corrected chi connectivity index (χ0v) is 19.7. The Balaban J connectivity index is 1.23. The average Bonchev–Trinajstić information content (AvgIpc) is 3.42. The number of piperazine rings is 1. The molecular weight excluding hydrogens is 449 g/mol. The molecule has 3 aliphatic heterocycles. The van der Waals surface area contributed by atoms with Crippen LogP contribution in [-0.4, -0.2) is 78.1 Å². The molecule has 4 heterocycles. The van der Waals surface area contributed by atoms with Crippen LogP contribution < -0.4 is 4.90 Å². The van der Waals surface area contributed by atoms with E-state index in [-0.39, 0.29) is 6.03 Å². The maximum Gasteiger partial charge on any atom is 0.344 e. The third-order valence-electron chi connectivity index (χ3n) is 7.16. The van der Waals surface area contributed by atoms with E-state index in [4.69, 9.17) is 27.9 Å². The van der Waals surface area contributed by atoms with Gasteiger partial charge in [-0.3, -0.25) is 4.90 Å². The van der Waals surface area contributed by atoms with Gasteiger partial charge in [-0.2, -0.15) is 9.78 Å². The van der Waals surface area contributed by atoms with Gasteiger partial charge in [0.2, 0.25) is 0 Å². The van der Waals surface area contributed by atoms with Crippen LogP contribution in [0.5, 0.6) is 0 Å². The highest BCUT2D eigenvalue weighted by atomic mass is 35.5. The molecular formula is C23H29Cl2N5O2. The molecule has 1 amide bonds. The van der Waals surface area contributed by atoms with Gasteiger partial charge in [-0.05, 0) is 42.4 Å². The molecule has 0 bridgehead atoms. The van der Waals surface area contributed by atoms with Crippen LogP contribution >= 0.6 is 23.2 Å². The van der Waals surface area contributed by atoms with Crippen LogP contribution in [0.4, 0.5) is 10.5 Å². The fraction of sp³-hybridized carbons (Fsp3) is 0.565. The maximum absolute atomic E-state index is 12.6. The summed E-state index contributed by atoms with van der Waals surface area (Å²) < 4.78 is 6.92. The second kappa shape index (κ2) is 9.21. The third kappa shape index (κ3) is 4.62. The predicted octanol–water partition coefficient (Wildman–Crippen LogP) is 3.98. The molecule has 1 aromatic carbocycles. The van der Waals surface area contributed by atoms with Crippen LogP contribution in [0, 0.1) is 5.41 Å². The first-order chi connectivity index (χ1) is 15.5. The number of hydrogen-bond acceptors (Lipinski definition) is 5. The molecule has 32 heavy (non-hydrogen) atoms. The van der Waals surface area contributed by atoms with Crippen molar-refractivity contribution in [3.63, 3.8) is 0 Å². The minimum absolute atomic E-state index is 0.123. The number of carbonyl (C=O) groups is 1. The standard InChI is InChI=1S/C23H29Cl2N5O2/c24-19-2-1-18(21(13-19)29-6-3-23(17-29)4-11-32-12-5-23)15-27-7-9-28(10-8-27)22(31)30-16-20(25)14-26-30/h1-2,13-14,16H,3-12,15,17H2. The Morgan fingerprint density at radius 3 is 2.53 bits per heavy atom. The second-order valence-corrected chi connectivity index (χ2v) is 10.1. The highest BCUT2D eigenvalue weighted by molar-refractivity contribution is 6.31. The van der Waals surface area contributed by atoms with Crippen LogP contribution in [0.2, 0.25) is 10.0 Å². The topological polar surface area (TPSA) is 53.8 Å². The lowest BCUT2D eigenvalue weighted by Crippen LogP contribution is -2.49. The molecule has 1 spiro atoms. The first kappa shape index (κ1) is 22.0. The number of benzene rings is 1. The predicted molar refractivity (Wildman–Crippen MR) is 126 cm³/mol. The van der Waals surface area contributed by atoms with Crippen molar-refractivity contribution in [3.8, 4) is 0 Å². The summed E-state index contributed by atoms with van der Waals surface area (Å²) in [4.78, 5) is 19.4. The normalized spacial score (nSPS) is 21.4. The van der Waals surface area contributed by atoms with Gasteiger partial charge < -0.3 is 14.5 Å². The molecule has 7 nitrogen and oxygen atoms in total. The Morgan fingerprint density at radius 2 is 1.81 bits per heavy atom. The van der Waals surface area contributed by atoms with Crippen LogP contribution in [0.3, 0.4) is 0 Å². The van der Waals surface area contributed by atoms with Crippen molar-refractivity contribution in [1.29, 1.82) is 0 Å². The number of anilines is 1. The first-order valence-electron chi connectivity index (χ1n) is 11.3. The van der Waals surface area contributed by atoms with Gasteiger partial charge >= 0.3 is 6.03 Å². The Bertz CT molecular complexity index is 967. The molecule has 3 fully saturated rings. The Morgan fingerprint density at radius 1 is 1.03 bits per heavy atom. The van der Waals surface area contributed by atoms with Gasteiger partial charge in [0, 0.05) is 69.7 Å². The fourth-order valence-corrected chi connectivity index (χ4v) is 5.51. The SMILES string of the molecule is O=C(N1CCN(Cc2ccc(Cl)cc2N2CCC3(CCOCC3)C2)CC1)n1cc(Cl)cn1. The van der Waals surface area contributed by atoms with Gasteiger partial charge in [0.15, 0.2) is 0 Å². The minimum Gasteiger partial charge on any atom is -0.381 e. The summed E-state index contributed by atoms with van der Waals surface area (Å²) in [5.41, 5.74) is 2.95. The van der Waals surface area contributed by atoms with E-state index in [9.17, 15) is 4.79 Å². The molecule has 5 rings (SSSR count). The van der Waals surface area contributed by atoms with Crippen molar-refractivity contribution < 1.29 is 9.53 Å². The molecule has 3 aliphatic rings. The summed E-state index contributed by atoms with van der Waals surface area (Å²) in [6, 6.07) is 6.15. The smallest absolute Gasteiger partial charge is 0.344 e. The number of rotatable bonds is 3. The van der Waals surface area contributed by atoms with Crippen molar-refractivity contribution in [2.45, 2.75) is 25.8 Å². The van der Waals surface area contributed by atoms with Crippen LogP contribution in [0.25, 0.3) is 0 Å². The highest BCUT2D eigenvalue weighted by Gasteiger charge is 2.40. The number of amides is 1. The number of hydrogen-bond donors (Lipinski definition) is 0. The lowest BCUT2D eigenvalue weighted by atomic mass is 9.80. The molecule has 3 saturated heterocycles. The Kier molecular flexibility index (Phi) is 6.34. The zero-order chi connectivity index (χ0) is 22.1. The number of halogens is 2. The summed E-state index contributed by atoms with van der Waals surface area (Å²) in [7, 11) is 0. The number of aromatic nitrogens is 2. The Labute approximate surface area is 198 Å². The second-order valence-electron chi connectivity index (χ2n) is 9.21. The van der Waals surface area contributed by atoms with Gasteiger partial charge in [-0.25, -0.2) is 4.79 Å². The molecule has 9 heteroatoms. The molecule has 0 unspecified atom stereocenters. The van der Waals surface area contributed by atoms with E-state index in [2.05, 4.69) is 27.0 Å². The van der Waals surface area contributed by atoms with E-state index in [0.29, 0.717) is 23.5 Å². The van der Waals surface area contributed by atoms with Gasteiger partial charge in [0.05, 0.1) is 17.4 Å². The number of carbonyl (C=O) groups excluding carboxylic acids is 1. The highest BCUT2D eigenvalue weighted by Crippen LogP contribution is 2.42. The molecule has 0 radical (unpaired) electrons. The van der Waals surface area contributed by atoms with E-state index in [1.165, 1.54) is 28.6 Å². The summed E-state index contributed by atoms with van der Waals surface area (Å²) in [6.07, 6.45) is 6.56. The van der Waals surface area contributed by atoms with Crippen molar-refractivity contribution in [2.24, 2.45) is 5.41 Å². The van der Waals surface area contributed by atoms with Gasteiger partial charge in [-0.1, -0.05) is 29.3 Å². The average molecular weight is 478 g/mol. The van der Waals surface area contributed by atoms with E-state index in [1.54, 1.807) is 6.20 Å². The van der Waals surface area contributed by atoms with E-state index in [0.717, 1.165) is 63.8 Å². The molecule has 1 aromatic heterocycles. The summed E-state index contributed by atoms with van der Waals surface area (Å²) in [5, 5.41) is 5.28. The number of ether oxygens (including phenoxy) is 1.